The number of amides is 1. The number of Topliss-reactive ketones (excluding diaryl/α,β-unsaturated/α-hetero) is 1. The highest BCUT2D eigenvalue weighted by Gasteiger charge is 2.79. The standard InChI is InChI=1S/C44H61NO16/c1-22-27-29(57-23(2)46)32(49)42(12)25(47)19-26-43(21-56-26,61-37(53)55-13)30(42)33(58-34(50)24-17-15-14-16-18-24)44(54,40(27,9)10)20-41(22,11)59-35(51)28(48)31(38(3,4)5)45-36(52)60-39(6,7)8/h14-18,22,25-26,28,30-31,33,47-48,54H,19-21H2,1-13H3,(H,45,52)/t22?,25?,26-,28-,30?,31-,33+,41-,42-,43+,44-/m1/s1. The molecule has 1 aromatic rings. The molecule has 338 valence electrons. The zero-order chi connectivity index (χ0) is 46.1. The summed E-state index contributed by atoms with van der Waals surface area (Å²) >= 11 is 0. The van der Waals surface area contributed by atoms with Crippen molar-refractivity contribution in [1.29, 1.82) is 0 Å². The van der Waals surface area contributed by atoms with Crippen LogP contribution in [0.4, 0.5) is 9.59 Å². The number of allylic oxidation sites excluding steroid dienone is 1. The van der Waals surface area contributed by atoms with E-state index >= 15 is 4.79 Å². The largest absolute Gasteiger partial charge is 0.508 e. The van der Waals surface area contributed by atoms with E-state index in [0.717, 1.165) is 14.0 Å². The number of aliphatic hydroxyl groups excluding tert-OH is 2. The zero-order valence-corrected chi connectivity index (χ0v) is 37.2. The monoisotopic (exact) mass is 859 g/mol. The second-order valence-electron chi connectivity index (χ2n) is 19.8. The van der Waals surface area contributed by atoms with E-state index in [0.29, 0.717) is 0 Å². The number of alkyl carbamates (subject to hydrolysis) is 1. The van der Waals surface area contributed by atoms with Gasteiger partial charge in [0, 0.05) is 31.1 Å². The lowest BCUT2D eigenvalue weighted by Crippen LogP contribution is -2.81. The van der Waals surface area contributed by atoms with Crippen molar-refractivity contribution >= 4 is 35.9 Å². The minimum absolute atomic E-state index is 0.0342. The first kappa shape index (κ1) is 47.5. The molecule has 3 fully saturated rings. The number of carbonyl (C=O) groups is 6. The first-order chi connectivity index (χ1) is 27.9. The molecule has 4 N–H and O–H groups in total. The van der Waals surface area contributed by atoms with Crippen molar-refractivity contribution in [3.8, 4) is 0 Å². The van der Waals surface area contributed by atoms with Crippen molar-refractivity contribution in [2.75, 3.05) is 13.7 Å². The quantitative estimate of drug-likeness (QED) is 0.210. The Morgan fingerprint density at radius 2 is 1.57 bits per heavy atom. The van der Waals surface area contributed by atoms with Gasteiger partial charge in [-0.05, 0) is 57.7 Å². The third-order valence-electron chi connectivity index (χ3n) is 13.2. The molecule has 1 heterocycles. The lowest BCUT2D eigenvalue weighted by Gasteiger charge is -2.67. The number of methoxy groups -OCH3 is 1. The van der Waals surface area contributed by atoms with Crippen LogP contribution in [0, 0.1) is 28.1 Å². The lowest BCUT2D eigenvalue weighted by atomic mass is 9.43. The molecule has 1 aliphatic heterocycles. The number of ether oxygens (including phenoxy) is 7. The Hall–Kier alpha value is -4.58. The molecular weight excluding hydrogens is 798 g/mol. The number of hydrogen-bond donors (Lipinski definition) is 4. The first-order valence-electron chi connectivity index (χ1n) is 20.3. The highest BCUT2D eigenvalue weighted by Crippen LogP contribution is 2.66. The van der Waals surface area contributed by atoms with E-state index in [-0.39, 0.29) is 17.6 Å². The van der Waals surface area contributed by atoms with Crippen LogP contribution in [0.25, 0.3) is 0 Å². The Balaban J connectivity index is 1.78. The third kappa shape index (κ3) is 8.14. The van der Waals surface area contributed by atoms with E-state index in [9.17, 15) is 39.3 Å². The summed E-state index contributed by atoms with van der Waals surface area (Å²) in [5.41, 5.74) is -12.0. The number of aliphatic hydroxyl groups is 3. The smallest absolute Gasteiger partial charge is 0.457 e. The molecule has 61 heavy (non-hydrogen) atoms. The molecule has 3 unspecified atom stereocenters. The molecule has 17 heteroatoms. The summed E-state index contributed by atoms with van der Waals surface area (Å²) < 4.78 is 40.6. The maximum Gasteiger partial charge on any atom is 0.508 e. The number of fused-ring (bicyclic) bond motifs is 5. The molecule has 1 aromatic carbocycles. The van der Waals surface area contributed by atoms with Crippen LogP contribution in [-0.4, -0.2) is 118 Å². The van der Waals surface area contributed by atoms with Crippen molar-refractivity contribution in [3.63, 3.8) is 0 Å². The van der Waals surface area contributed by atoms with E-state index in [4.69, 9.17) is 33.2 Å². The maximum absolute atomic E-state index is 15.5. The molecule has 1 amide bonds. The van der Waals surface area contributed by atoms with Crippen molar-refractivity contribution in [2.24, 2.45) is 28.1 Å². The predicted molar refractivity (Wildman–Crippen MR) is 213 cm³/mol. The van der Waals surface area contributed by atoms with Crippen LogP contribution < -0.4 is 5.32 Å². The Morgan fingerprint density at radius 1 is 0.967 bits per heavy atom. The Kier molecular flexibility index (Phi) is 12.4. The molecular formula is C44H61NO16. The van der Waals surface area contributed by atoms with Crippen molar-refractivity contribution in [2.45, 2.75) is 149 Å². The predicted octanol–water partition coefficient (Wildman–Crippen LogP) is 4.32. The highest BCUT2D eigenvalue weighted by molar-refractivity contribution is 6.02. The van der Waals surface area contributed by atoms with Crippen LogP contribution in [0.5, 0.6) is 0 Å². The lowest BCUT2D eigenvalue weighted by molar-refractivity contribution is -0.345. The molecule has 11 atom stereocenters. The second kappa shape index (κ2) is 16.0. The second-order valence-corrected chi connectivity index (χ2v) is 19.8. The van der Waals surface area contributed by atoms with Gasteiger partial charge in [0.2, 0.25) is 5.78 Å². The van der Waals surface area contributed by atoms with Crippen LogP contribution in [0.3, 0.4) is 0 Å². The normalized spacial score (nSPS) is 34.0. The minimum Gasteiger partial charge on any atom is -0.457 e. The number of nitrogens with one attached hydrogen (secondary N) is 1. The summed E-state index contributed by atoms with van der Waals surface area (Å²) in [6.45, 7) is 18.1. The molecule has 0 spiro atoms. The van der Waals surface area contributed by atoms with Gasteiger partial charge in [-0.1, -0.05) is 59.7 Å². The Morgan fingerprint density at radius 3 is 2.08 bits per heavy atom. The summed E-state index contributed by atoms with van der Waals surface area (Å²) in [6.07, 6.45) is -9.60. The number of rotatable bonds is 8. The topological polar surface area (TPSA) is 240 Å². The van der Waals surface area contributed by atoms with Gasteiger partial charge in [0.15, 0.2) is 17.5 Å². The molecule has 17 nitrogen and oxygen atoms in total. The van der Waals surface area contributed by atoms with E-state index < -0.39 is 136 Å². The van der Waals surface area contributed by atoms with Crippen molar-refractivity contribution < 1.29 is 77.2 Å². The third-order valence-corrected chi connectivity index (χ3v) is 13.2. The number of esters is 3. The Labute approximate surface area is 355 Å². The van der Waals surface area contributed by atoms with Gasteiger partial charge in [-0.2, -0.15) is 0 Å². The summed E-state index contributed by atoms with van der Waals surface area (Å²) in [5, 5.41) is 40.1. The summed E-state index contributed by atoms with van der Waals surface area (Å²) in [4.78, 5) is 83.3. The number of ketones is 1. The van der Waals surface area contributed by atoms with Gasteiger partial charge < -0.3 is 53.8 Å². The summed E-state index contributed by atoms with van der Waals surface area (Å²) in [7, 11) is 1.06. The molecule has 3 aliphatic carbocycles. The molecule has 5 rings (SSSR count). The van der Waals surface area contributed by atoms with E-state index in [1.165, 1.54) is 26.0 Å². The van der Waals surface area contributed by atoms with Gasteiger partial charge in [-0.15, -0.1) is 0 Å². The van der Waals surface area contributed by atoms with E-state index in [1.807, 2.05) is 0 Å². The Bertz CT molecular complexity index is 1970. The van der Waals surface area contributed by atoms with Gasteiger partial charge in [0.25, 0.3) is 0 Å². The van der Waals surface area contributed by atoms with Crippen molar-refractivity contribution in [3.05, 3.63) is 47.2 Å². The van der Waals surface area contributed by atoms with Crippen LogP contribution in [0.1, 0.15) is 106 Å². The van der Waals surface area contributed by atoms with Crippen LogP contribution in [-0.2, 0) is 47.5 Å². The molecule has 1 saturated heterocycles. The zero-order valence-electron chi connectivity index (χ0n) is 37.2. The summed E-state index contributed by atoms with van der Waals surface area (Å²) in [6, 6.07) is 6.49. The first-order valence-corrected chi connectivity index (χ1v) is 20.3. The van der Waals surface area contributed by atoms with Crippen LogP contribution in [0.2, 0.25) is 0 Å². The fraction of sp³-hybridized carbons (Fsp3) is 0.682. The highest BCUT2D eigenvalue weighted by atomic mass is 16.8. The van der Waals surface area contributed by atoms with E-state index in [2.05, 4.69) is 5.32 Å². The molecule has 2 bridgehead atoms. The number of hydrogen-bond acceptors (Lipinski definition) is 16. The fourth-order valence-corrected chi connectivity index (χ4v) is 9.79. The van der Waals surface area contributed by atoms with Gasteiger partial charge >= 0.3 is 30.2 Å². The van der Waals surface area contributed by atoms with Crippen LogP contribution in [0.15, 0.2) is 41.7 Å². The van der Waals surface area contributed by atoms with Crippen LogP contribution >= 0.6 is 0 Å². The number of benzene rings is 1. The van der Waals surface area contributed by atoms with Crippen molar-refractivity contribution in [1.82, 2.24) is 5.32 Å². The molecule has 0 aromatic heterocycles. The van der Waals surface area contributed by atoms with E-state index in [1.54, 1.807) is 80.5 Å². The molecule has 0 radical (unpaired) electrons. The average Bonchev–Trinajstić information content (AvgIpc) is 3.13. The van der Waals surface area contributed by atoms with Gasteiger partial charge in [0.1, 0.15) is 29.0 Å². The fourth-order valence-electron chi connectivity index (χ4n) is 9.79. The van der Waals surface area contributed by atoms with Gasteiger partial charge in [0.05, 0.1) is 42.8 Å². The number of carbonyl (C=O) groups excluding carboxylic acids is 6. The molecule has 2 saturated carbocycles. The van der Waals surface area contributed by atoms with Gasteiger partial charge in [-0.25, -0.2) is 19.2 Å². The minimum atomic E-state index is -2.46. The average molecular weight is 860 g/mol. The SMILES string of the molecule is COC(=O)O[C@@]12CO[C@@H]1CC(O)[C@@]1(C)C(=O)C(OC(C)=O)=C3C(C)[C@](C)(OC(=O)[C@H](O)[C@@H](NC(=O)OC(C)(C)C)C(C)(C)C)C[C@@](O)([C@@H](OC(=O)c4ccccc4)C12)C3(C)C. The van der Waals surface area contributed by atoms with Gasteiger partial charge in [-0.3, -0.25) is 9.59 Å². The maximum atomic E-state index is 15.5. The summed E-state index contributed by atoms with van der Waals surface area (Å²) in [5.74, 6) is -7.42. The molecule has 4 aliphatic rings.